The first-order valence-electron chi connectivity index (χ1n) is 11.9. The van der Waals surface area contributed by atoms with Crippen LogP contribution >= 0.6 is 0 Å². The molecule has 0 spiro atoms. The van der Waals surface area contributed by atoms with Crippen molar-refractivity contribution in [3.05, 3.63) is 45.7 Å². The highest BCUT2D eigenvalue weighted by molar-refractivity contribution is 6.22. The number of fused-ring (bicyclic) bond motifs is 3. The van der Waals surface area contributed by atoms with Gasteiger partial charge in [-0.25, -0.2) is 4.79 Å². The first kappa shape index (κ1) is 26.2. The number of phenolic OH excluding ortho intramolecular Hbond substituents is 1. The topological polar surface area (TPSA) is 196 Å². The highest BCUT2D eigenvalue weighted by atomic mass is 16.5. The van der Waals surface area contributed by atoms with E-state index in [1.165, 1.54) is 6.07 Å². The largest absolute Gasteiger partial charge is 0.508 e. The van der Waals surface area contributed by atoms with Crippen molar-refractivity contribution in [3.8, 4) is 5.75 Å². The van der Waals surface area contributed by atoms with Gasteiger partial charge in [-0.2, -0.15) is 0 Å². The van der Waals surface area contributed by atoms with E-state index in [-0.39, 0.29) is 48.3 Å². The molecular weight excluding hydrogens is 484 g/mol. The normalized spacial score (nSPS) is 25.3. The number of carbonyl (C=O) groups excluding carboxylic acids is 4. The van der Waals surface area contributed by atoms with E-state index >= 15 is 0 Å². The summed E-state index contributed by atoms with van der Waals surface area (Å²) in [6.07, 6.45) is -0.856. The van der Waals surface area contributed by atoms with E-state index in [2.05, 4.69) is 5.32 Å². The van der Waals surface area contributed by atoms with Gasteiger partial charge in [0.25, 0.3) is 5.91 Å². The van der Waals surface area contributed by atoms with E-state index < -0.39 is 64.5 Å². The molecule has 0 aliphatic heterocycles. The van der Waals surface area contributed by atoms with Crippen LogP contribution in [0.25, 0.3) is 5.76 Å². The van der Waals surface area contributed by atoms with Crippen molar-refractivity contribution in [1.29, 1.82) is 0 Å². The van der Waals surface area contributed by atoms with Crippen LogP contribution in [0.5, 0.6) is 5.75 Å². The van der Waals surface area contributed by atoms with Crippen LogP contribution in [0.1, 0.15) is 50.3 Å². The molecule has 1 fully saturated rings. The average Bonchev–Trinajstić information content (AvgIpc) is 2.78. The number of aliphatic hydroxyl groups is 3. The molecule has 37 heavy (non-hydrogen) atoms. The second kappa shape index (κ2) is 8.91. The fourth-order valence-electron chi connectivity index (χ4n) is 5.35. The molecule has 3 atom stereocenters. The Kier molecular flexibility index (Phi) is 6.31. The number of Topliss-reactive ketones (excluding diaryl/α,β-unsaturated/α-hetero) is 2. The third-order valence-corrected chi connectivity index (χ3v) is 7.10. The van der Waals surface area contributed by atoms with Crippen molar-refractivity contribution in [2.45, 2.75) is 52.2 Å². The van der Waals surface area contributed by atoms with Crippen LogP contribution < -0.4 is 11.1 Å². The van der Waals surface area contributed by atoms with E-state index in [0.29, 0.717) is 11.1 Å². The Labute approximate surface area is 212 Å². The summed E-state index contributed by atoms with van der Waals surface area (Å²) in [6, 6.07) is 2.88. The predicted octanol–water partition coefficient (Wildman–Crippen LogP) is 1.70. The first-order chi connectivity index (χ1) is 17.2. The average molecular weight is 515 g/mol. The summed E-state index contributed by atoms with van der Waals surface area (Å²) in [4.78, 5) is 49.8. The van der Waals surface area contributed by atoms with Crippen LogP contribution in [0.15, 0.2) is 29.0 Å². The fourth-order valence-corrected chi connectivity index (χ4v) is 5.35. The van der Waals surface area contributed by atoms with Crippen molar-refractivity contribution in [3.63, 3.8) is 0 Å². The number of phenols is 1. The number of nitrogens with two attached hydrogens (primary N) is 1. The zero-order valence-corrected chi connectivity index (χ0v) is 20.8. The van der Waals surface area contributed by atoms with Crippen LogP contribution in [0.2, 0.25) is 0 Å². The lowest BCUT2D eigenvalue weighted by atomic mass is 9.59. The van der Waals surface area contributed by atoms with Crippen molar-refractivity contribution in [2.75, 3.05) is 6.61 Å². The lowest BCUT2D eigenvalue weighted by Crippen LogP contribution is -2.58. The summed E-state index contributed by atoms with van der Waals surface area (Å²) in [5.41, 5.74) is 2.32. The molecule has 2 amide bonds. The summed E-state index contributed by atoms with van der Waals surface area (Å²) < 4.78 is 5.21. The van der Waals surface area contributed by atoms with Gasteiger partial charge in [0.05, 0.1) is 12.2 Å². The number of aliphatic hydroxyl groups excluding tert-OH is 2. The molecule has 0 heterocycles. The minimum atomic E-state index is -2.61. The number of ether oxygens (including phenoxy) is 1. The molecule has 3 aliphatic rings. The molecule has 3 unspecified atom stereocenters. The van der Waals surface area contributed by atoms with Gasteiger partial charge in [0.1, 0.15) is 22.8 Å². The van der Waals surface area contributed by atoms with Gasteiger partial charge >= 0.3 is 6.09 Å². The number of carbonyl (C=O) groups is 4. The fraction of sp³-hybridized carbons (Fsp3) is 0.462. The van der Waals surface area contributed by atoms with Crippen molar-refractivity contribution in [2.24, 2.45) is 23.0 Å². The number of aromatic hydroxyl groups is 1. The Hall–Kier alpha value is -3.86. The number of primary amides is 1. The second-order valence-corrected chi connectivity index (χ2v) is 11.0. The van der Waals surface area contributed by atoms with E-state index in [0.717, 1.165) is 0 Å². The molecule has 198 valence electrons. The number of rotatable bonds is 4. The standard InChI is InChI=1S/C26H30N2O9/c1-25(2,3)10-37-24(35)28-9-11-4-5-15(29)18-14(11)7-12-6-13-8-16(30)19(23(27)34)22(33)26(13,36)21(32)17(12)20(18)31/h4-5,12-13,29,31,33,36H,6-10H2,1-3H3,(H2,27,34)(H,28,35). The minimum absolute atomic E-state index is 0.0201. The summed E-state index contributed by atoms with van der Waals surface area (Å²) in [5.74, 6) is -6.84. The van der Waals surface area contributed by atoms with Gasteiger partial charge in [-0.3, -0.25) is 14.4 Å². The SMILES string of the molecule is CC(C)(C)COC(=O)NCc1ccc(O)c2c1CC1CC3CC(=O)C(C(N)=O)=C(O)C3(O)C(=O)C1=C2O. The Morgan fingerprint density at radius 2 is 1.84 bits per heavy atom. The highest BCUT2D eigenvalue weighted by Crippen LogP contribution is 2.52. The van der Waals surface area contributed by atoms with Gasteiger partial charge in [-0.1, -0.05) is 26.8 Å². The quantitative estimate of drug-likeness (QED) is 0.324. The number of ketones is 2. The lowest BCUT2D eigenvalue weighted by molar-refractivity contribution is -0.147. The van der Waals surface area contributed by atoms with Gasteiger partial charge < -0.3 is 36.2 Å². The summed E-state index contributed by atoms with van der Waals surface area (Å²) in [5, 5.41) is 46.2. The molecule has 0 aromatic heterocycles. The molecule has 1 aromatic rings. The number of hydrogen-bond donors (Lipinski definition) is 6. The third-order valence-electron chi connectivity index (χ3n) is 7.10. The van der Waals surface area contributed by atoms with E-state index in [1.54, 1.807) is 6.07 Å². The molecule has 11 heteroatoms. The van der Waals surface area contributed by atoms with Crippen molar-refractivity contribution >= 4 is 29.3 Å². The second-order valence-electron chi connectivity index (χ2n) is 11.0. The van der Waals surface area contributed by atoms with E-state index in [9.17, 15) is 39.6 Å². The highest BCUT2D eigenvalue weighted by Gasteiger charge is 2.60. The number of hydrogen-bond acceptors (Lipinski definition) is 9. The van der Waals surface area contributed by atoms with Crippen LogP contribution in [0.4, 0.5) is 4.79 Å². The third kappa shape index (κ3) is 4.33. The first-order valence-corrected chi connectivity index (χ1v) is 11.9. The van der Waals surface area contributed by atoms with Crippen LogP contribution in [0, 0.1) is 17.3 Å². The Morgan fingerprint density at radius 1 is 1.16 bits per heavy atom. The van der Waals surface area contributed by atoms with Crippen LogP contribution in [0.3, 0.4) is 0 Å². The molecule has 1 aromatic carbocycles. The van der Waals surface area contributed by atoms with Crippen molar-refractivity contribution < 1.29 is 44.3 Å². The van der Waals surface area contributed by atoms with Gasteiger partial charge in [0.2, 0.25) is 5.78 Å². The van der Waals surface area contributed by atoms with E-state index in [1.807, 2.05) is 20.8 Å². The molecule has 11 nitrogen and oxygen atoms in total. The molecule has 0 bridgehead atoms. The summed E-state index contributed by atoms with van der Waals surface area (Å²) in [7, 11) is 0. The van der Waals surface area contributed by atoms with Gasteiger partial charge in [-0.05, 0) is 41.4 Å². The molecule has 1 saturated carbocycles. The van der Waals surface area contributed by atoms with E-state index in [4.69, 9.17) is 10.5 Å². The van der Waals surface area contributed by atoms with Crippen LogP contribution in [-0.2, 0) is 32.1 Å². The lowest BCUT2D eigenvalue weighted by Gasteiger charge is -2.46. The number of benzene rings is 1. The smallest absolute Gasteiger partial charge is 0.407 e. The molecule has 4 rings (SSSR count). The van der Waals surface area contributed by atoms with Gasteiger partial charge in [-0.15, -0.1) is 0 Å². The maximum Gasteiger partial charge on any atom is 0.407 e. The number of amides is 2. The molecule has 0 radical (unpaired) electrons. The summed E-state index contributed by atoms with van der Waals surface area (Å²) in [6.45, 7) is 5.97. The zero-order valence-electron chi connectivity index (χ0n) is 20.8. The Bertz CT molecular complexity index is 1290. The monoisotopic (exact) mass is 514 g/mol. The maximum absolute atomic E-state index is 13.5. The van der Waals surface area contributed by atoms with Gasteiger partial charge in [0.15, 0.2) is 11.4 Å². The Morgan fingerprint density at radius 3 is 2.46 bits per heavy atom. The minimum Gasteiger partial charge on any atom is -0.508 e. The number of alkyl carbamates (subject to hydrolysis) is 1. The molecule has 7 N–H and O–H groups in total. The molecular formula is C26H30N2O9. The van der Waals surface area contributed by atoms with Crippen molar-refractivity contribution in [1.82, 2.24) is 5.32 Å². The Balaban J connectivity index is 1.71. The molecule has 0 saturated heterocycles. The van der Waals surface area contributed by atoms with Crippen LogP contribution in [-0.4, -0.2) is 56.2 Å². The number of nitrogens with one attached hydrogen (secondary N) is 1. The predicted molar refractivity (Wildman–Crippen MR) is 129 cm³/mol. The zero-order chi connectivity index (χ0) is 27.4. The van der Waals surface area contributed by atoms with Gasteiger partial charge in [0, 0.05) is 24.5 Å². The molecule has 3 aliphatic carbocycles. The maximum atomic E-state index is 13.5. The summed E-state index contributed by atoms with van der Waals surface area (Å²) >= 11 is 0.